The van der Waals surface area contributed by atoms with Gasteiger partial charge in [-0.2, -0.15) is 0 Å². The van der Waals surface area contributed by atoms with Crippen LogP contribution in [0.5, 0.6) is 23.0 Å². The Morgan fingerprint density at radius 1 is 1.10 bits per heavy atom. The van der Waals surface area contributed by atoms with Crippen molar-refractivity contribution in [3.63, 3.8) is 0 Å². The lowest BCUT2D eigenvalue weighted by Crippen LogP contribution is -2.33. The molecule has 0 fully saturated rings. The predicted molar refractivity (Wildman–Crippen MR) is 120 cm³/mol. The molecule has 0 spiro atoms. The van der Waals surface area contributed by atoms with Crippen LogP contribution in [0.3, 0.4) is 0 Å². The first-order chi connectivity index (χ1) is 14.4. The van der Waals surface area contributed by atoms with E-state index in [1.54, 1.807) is 19.2 Å². The number of rotatable bonds is 5. The van der Waals surface area contributed by atoms with Crippen molar-refractivity contribution in [3.05, 3.63) is 44.6 Å². The third kappa shape index (κ3) is 3.73. The lowest BCUT2D eigenvalue weighted by atomic mass is 9.95. The number of benzene rings is 1. The van der Waals surface area contributed by atoms with Crippen molar-refractivity contribution in [2.45, 2.75) is 18.9 Å². The summed E-state index contributed by atoms with van der Waals surface area (Å²) in [6.07, 6.45) is 1.15. The summed E-state index contributed by atoms with van der Waals surface area (Å²) < 4.78 is 22.0. The average Bonchev–Trinajstić information content (AvgIpc) is 2.96. The van der Waals surface area contributed by atoms with Gasteiger partial charge in [0.2, 0.25) is 11.2 Å². The second-order valence-electron chi connectivity index (χ2n) is 6.65. The van der Waals surface area contributed by atoms with E-state index < -0.39 is 0 Å². The van der Waals surface area contributed by atoms with Crippen LogP contribution < -0.4 is 35.4 Å². The Bertz CT molecular complexity index is 1060. The van der Waals surface area contributed by atoms with Gasteiger partial charge in [0.25, 0.3) is 0 Å². The lowest BCUT2D eigenvalue weighted by molar-refractivity contribution is 0.325. The van der Waals surface area contributed by atoms with Crippen LogP contribution in [0.15, 0.2) is 23.0 Å². The van der Waals surface area contributed by atoms with Crippen LogP contribution in [0, 0.1) is 0 Å². The highest BCUT2D eigenvalue weighted by atomic mass is 35.5. The molecule has 0 saturated heterocycles. The molecule has 0 heterocycles. The topological polar surface area (TPSA) is 92.0 Å². The fraction of sp³-hybridized carbons (Fsp3) is 0.333. The van der Waals surface area contributed by atoms with E-state index in [0.29, 0.717) is 40.7 Å². The number of hydrogen-bond acceptors (Lipinski definition) is 6. The summed E-state index contributed by atoms with van der Waals surface area (Å²) in [6.45, 7) is 0. The molecule has 1 aliphatic carbocycles. The summed E-state index contributed by atoms with van der Waals surface area (Å²) in [4.78, 5) is 12.7. The average molecular weight is 451 g/mol. The second kappa shape index (κ2) is 8.97. The van der Waals surface area contributed by atoms with E-state index in [0.717, 1.165) is 16.7 Å². The zero-order valence-electron chi connectivity index (χ0n) is 17.1. The molecule has 2 aromatic rings. The first kappa shape index (κ1) is 22.0. The van der Waals surface area contributed by atoms with Crippen molar-refractivity contribution >= 4 is 28.9 Å². The quantitative estimate of drug-likeness (QED) is 0.671. The number of halogens is 1. The standard InChI is InChI=1S/C21H23ClN2O5S/c1-26-15-8-6-10-12(9-14(15)25)13(24-21(23)30)7-5-11-16(10)18(27-2)20(29-4)19(28-3)17(11)22/h6,8-9,13H,5,7H2,1-4H3,(H3,23,24,30)/t13-/m0/s1. The SMILES string of the molecule is COc1c(Cl)c2c(c(OC)c1OC)-c1ccc(OC)c(=O)cc1[C@@H](NC(N)=S)CC2. The number of ether oxygens (including phenoxy) is 4. The van der Waals surface area contributed by atoms with Crippen molar-refractivity contribution in [3.8, 4) is 34.1 Å². The van der Waals surface area contributed by atoms with Crippen LogP contribution in [-0.2, 0) is 6.42 Å². The van der Waals surface area contributed by atoms with Gasteiger partial charge in [-0.25, -0.2) is 0 Å². The van der Waals surface area contributed by atoms with Gasteiger partial charge in [-0.1, -0.05) is 17.7 Å². The van der Waals surface area contributed by atoms with E-state index in [-0.39, 0.29) is 22.3 Å². The molecule has 3 rings (SSSR count). The zero-order valence-corrected chi connectivity index (χ0v) is 18.7. The Balaban J connectivity index is 2.47. The summed E-state index contributed by atoms with van der Waals surface area (Å²) >= 11 is 11.8. The molecule has 3 N–H and O–H groups in total. The van der Waals surface area contributed by atoms with Crippen molar-refractivity contribution < 1.29 is 18.9 Å². The highest BCUT2D eigenvalue weighted by Crippen LogP contribution is 2.54. The smallest absolute Gasteiger partial charge is 0.220 e. The van der Waals surface area contributed by atoms with Gasteiger partial charge in [-0.15, -0.1) is 0 Å². The van der Waals surface area contributed by atoms with Gasteiger partial charge in [0.15, 0.2) is 22.4 Å². The molecule has 0 aliphatic heterocycles. The van der Waals surface area contributed by atoms with E-state index >= 15 is 0 Å². The molecule has 160 valence electrons. The summed E-state index contributed by atoms with van der Waals surface area (Å²) in [5, 5.41) is 3.65. The fourth-order valence-electron chi connectivity index (χ4n) is 3.86. The van der Waals surface area contributed by atoms with Gasteiger partial charge >= 0.3 is 0 Å². The molecule has 0 amide bonds. The second-order valence-corrected chi connectivity index (χ2v) is 7.46. The summed E-state index contributed by atoms with van der Waals surface area (Å²) in [7, 11) is 6.03. The van der Waals surface area contributed by atoms with Crippen LogP contribution in [0.2, 0.25) is 5.02 Å². The fourth-order valence-corrected chi connectivity index (χ4v) is 4.35. The Morgan fingerprint density at radius 2 is 1.77 bits per heavy atom. The maximum atomic E-state index is 12.7. The number of nitrogens with one attached hydrogen (secondary N) is 1. The molecule has 9 heteroatoms. The molecule has 0 radical (unpaired) electrons. The van der Waals surface area contributed by atoms with Crippen LogP contribution in [0.1, 0.15) is 23.6 Å². The van der Waals surface area contributed by atoms with Crippen LogP contribution in [-0.4, -0.2) is 33.6 Å². The van der Waals surface area contributed by atoms with Crippen LogP contribution in [0.4, 0.5) is 0 Å². The van der Waals surface area contributed by atoms with E-state index in [1.807, 2.05) is 0 Å². The minimum absolute atomic E-state index is 0.135. The molecule has 2 aromatic carbocycles. The number of nitrogens with two attached hydrogens (primary N) is 1. The largest absolute Gasteiger partial charge is 0.493 e. The predicted octanol–water partition coefficient (Wildman–Crippen LogP) is 3.22. The monoisotopic (exact) mass is 450 g/mol. The third-order valence-electron chi connectivity index (χ3n) is 5.12. The lowest BCUT2D eigenvalue weighted by Gasteiger charge is -2.21. The molecule has 7 nitrogen and oxygen atoms in total. The first-order valence-corrected chi connectivity index (χ1v) is 9.95. The Hall–Kier alpha value is -2.71. The van der Waals surface area contributed by atoms with Gasteiger partial charge in [0, 0.05) is 5.56 Å². The minimum Gasteiger partial charge on any atom is -0.493 e. The minimum atomic E-state index is -0.313. The van der Waals surface area contributed by atoms with Crippen molar-refractivity contribution in [2.24, 2.45) is 5.73 Å². The van der Waals surface area contributed by atoms with Gasteiger partial charge in [0.05, 0.1) is 39.5 Å². The van der Waals surface area contributed by atoms with Crippen molar-refractivity contribution in [2.75, 3.05) is 28.4 Å². The third-order valence-corrected chi connectivity index (χ3v) is 5.64. The van der Waals surface area contributed by atoms with Crippen molar-refractivity contribution in [1.82, 2.24) is 5.32 Å². The number of methoxy groups -OCH3 is 4. The highest BCUT2D eigenvalue weighted by molar-refractivity contribution is 7.80. The highest BCUT2D eigenvalue weighted by Gasteiger charge is 2.32. The molecule has 30 heavy (non-hydrogen) atoms. The molecule has 0 saturated carbocycles. The molecular formula is C21H23ClN2O5S. The molecule has 0 aromatic heterocycles. The van der Waals surface area contributed by atoms with E-state index in [2.05, 4.69) is 5.32 Å². The summed E-state index contributed by atoms with van der Waals surface area (Å²) in [6, 6.07) is 4.65. The Morgan fingerprint density at radius 3 is 2.33 bits per heavy atom. The van der Waals surface area contributed by atoms with Crippen LogP contribution in [0.25, 0.3) is 11.1 Å². The Labute approximate surface area is 185 Å². The maximum absolute atomic E-state index is 12.7. The Kier molecular flexibility index (Phi) is 6.58. The van der Waals surface area contributed by atoms with Gasteiger partial charge in [-0.3, -0.25) is 4.79 Å². The summed E-state index contributed by atoms with van der Waals surface area (Å²) in [5.74, 6) is 1.43. The van der Waals surface area contributed by atoms with Gasteiger partial charge < -0.3 is 30.0 Å². The number of fused-ring (bicyclic) bond motifs is 3. The van der Waals surface area contributed by atoms with E-state index in [1.165, 1.54) is 27.4 Å². The van der Waals surface area contributed by atoms with Crippen molar-refractivity contribution in [1.29, 1.82) is 0 Å². The van der Waals surface area contributed by atoms with E-state index in [9.17, 15) is 4.79 Å². The molecule has 0 unspecified atom stereocenters. The summed E-state index contributed by atoms with van der Waals surface area (Å²) in [5.41, 5.74) is 8.48. The number of thiocarbonyl (C=S) groups is 1. The first-order valence-electron chi connectivity index (χ1n) is 9.16. The van der Waals surface area contributed by atoms with Gasteiger partial charge in [0.1, 0.15) is 0 Å². The molecule has 0 bridgehead atoms. The number of hydrogen-bond donors (Lipinski definition) is 2. The van der Waals surface area contributed by atoms with Crippen LogP contribution >= 0.6 is 23.8 Å². The van der Waals surface area contributed by atoms with E-state index in [4.69, 9.17) is 48.5 Å². The maximum Gasteiger partial charge on any atom is 0.220 e. The zero-order chi connectivity index (χ0) is 22.0. The normalized spacial score (nSPS) is 14.6. The molecular weight excluding hydrogens is 428 g/mol. The molecule has 1 atom stereocenters. The molecule has 1 aliphatic rings. The van der Waals surface area contributed by atoms with Gasteiger partial charge in [-0.05, 0) is 53.9 Å².